The standard InChI is InChI=1S/C10H7N2.W/c1-3-10-11-8-5-4-7(2)6-9(8)12-10;/h1-2,4-6H,3H2;/q-1;. The average Bonchev–Trinajstić information content (AvgIpc) is 2.46. The van der Waals surface area contributed by atoms with E-state index in [0.29, 0.717) is 17.8 Å². The Morgan fingerprint density at radius 1 is 1.38 bits per heavy atom. The van der Waals surface area contributed by atoms with E-state index in [2.05, 4.69) is 9.97 Å². The van der Waals surface area contributed by atoms with Gasteiger partial charge in [-0.3, -0.25) is 0 Å². The summed E-state index contributed by atoms with van der Waals surface area (Å²) in [6.07, 6.45) is 0.370. The topological polar surface area (TPSA) is 27.0 Å². The van der Waals surface area contributed by atoms with Gasteiger partial charge in [0, 0.05) is 21.1 Å². The molecule has 2 aromatic rings. The molecule has 2 nitrogen and oxygen atoms in total. The number of imidazole rings is 1. The van der Waals surface area contributed by atoms with E-state index in [-0.39, 0.29) is 21.1 Å². The van der Waals surface area contributed by atoms with Crippen LogP contribution in [0.1, 0.15) is 11.4 Å². The molecule has 13 heavy (non-hydrogen) atoms. The SMILES string of the molecule is [CH]Cc1nc2ccc([CH])cc2[n-]1.[W]. The fraction of sp³-hybridized carbons (Fsp3) is 0.100. The van der Waals surface area contributed by atoms with Crippen molar-refractivity contribution in [2.75, 3.05) is 0 Å². The molecule has 0 unspecified atom stereocenters. The maximum absolute atomic E-state index is 5.58. The summed E-state index contributed by atoms with van der Waals surface area (Å²) in [7, 11) is 0. The number of fused-ring (bicyclic) bond motifs is 1. The van der Waals surface area contributed by atoms with Crippen LogP contribution in [-0.2, 0) is 27.5 Å². The Balaban J connectivity index is 0.000000845. The molecule has 4 radical (unpaired) electrons. The van der Waals surface area contributed by atoms with E-state index in [9.17, 15) is 0 Å². The summed E-state index contributed by atoms with van der Waals surface area (Å²) in [5.74, 6) is 0.663. The number of rotatable bonds is 1. The summed E-state index contributed by atoms with van der Waals surface area (Å²) in [6.45, 7) is 11.0. The van der Waals surface area contributed by atoms with Crippen LogP contribution in [0, 0.1) is 13.8 Å². The van der Waals surface area contributed by atoms with Crippen molar-refractivity contribution in [1.29, 1.82) is 0 Å². The first-order valence-electron chi connectivity index (χ1n) is 3.68. The summed E-state index contributed by atoms with van der Waals surface area (Å²) in [5.41, 5.74) is 2.37. The molecule has 0 saturated heterocycles. The monoisotopic (exact) mass is 339 g/mol. The van der Waals surface area contributed by atoms with Crippen molar-refractivity contribution in [2.45, 2.75) is 6.42 Å². The minimum atomic E-state index is 0. The molecule has 0 aliphatic carbocycles. The van der Waals surface area contributed by atoms with E-state index in [4.69, 9.17) is 13.8 Å². The number of hydrogen-bond acceptors (Lipinski definition) is 1. The van der Waals surface area contributed by atoms with Crippen LogP contribution in [0.5, 0.6) is 0 Å². The fourth-order valence-electron chi connectivity index (χ4n) is 1.12. The predicted octanol–water partition coefficient (Wildman–Crippen LogP) is 1.50. The van der Waals surface area contributed by atoms with E-state index < -0.39 is 0 Å². The maximum atomic E-state index is 5.58. The van der Waals surface area contributed by atoms with Gasteiger partial charge in [0.1, 0.15) is 0 Å². The van der Waals surface area contributed by atoms with Gasteiger partial charge in [-0.15, -0.1) is 0 Å². The molecule has 0 fully saturated rings. The average molecular weight is 339 g/mol. The second-order valence-electron chi connectivity index (χ2n) is 2.59. The van der Waals surface area contributed by atoms with Gasteiger partial charge in [-0.2, -0.15) is 0 Å². The summed E-state index contributed by atoms with van der Waals surface area (Å²) >= 11 is 0. The van der Waals surface area contributed by atoms with Gasteiger partial charge < -0.3 is 9.97 Å². The molecule has 0 saturated carbocycles. The first-order valence-corrected chi connectivity index (χ1v) is 3.68. The van der Waals surface area contributed by atoms with Crippen molar-refractivity contribution in [1.82, 2.24) is 9.97 Å². The normalized spacial score (nSPS) is 10.0. The molecule has 0 aliphatic rings. The third-order valence-corrected chi connectivity index (χ3v) is 1.68. The molecule has 1 aromatic carbocycles. The summed E-state index contributed by atoms with van der Waals surface area (Å²) < 4.78 is 0. The van der Waals surface area contributed by atoms with Crippen molar-refractivity contribution in [3.05, 3.63) is 43.4 Å². The summed E-state index contributed by atoms with van der Waals surface area (Å²) in [5, 5.41) is 0. The zero-order chi connectivity index (χ0) is 8.55. The zero-order valence-corrected chi connectivity index (χ0v) is 9.83. The largest absolute Gasteiger partial charge is 0.440 e. The minimum Gasteiger partial charge on any atom is -0.440 e. The van der Waals surface area contributed by atoms with E-state index in [1.807, 2.05) is 6.07 Å². The fourth-order valence-corrected chi connectivity index (χ4v) is 1.12. The van der Waals surface area contributed by atoms with Crippen LogP contribution in [-0.4, -0.2) is 4.98 Å². The summed E-state index contributed by atoms with van der Waals surface area (Å²) in [6, 6.07) is 5.44. The molecule has 0 spiro atoms. The van der Waals surface area contributed by atoms with Gasteiger partial charge in [-0.1, -0.05) is 24.0 Å². The smallest absolute Gasteiger partial charge is 0 e. The molecular formula is C10H7N2W-. The van der Waals surface area contributed by atoms with Crippen molar-refractivity contribution in [3.8, 4) is 0 Å². The van der Waals surface area contributed by atoms with Crippen LogP contribution >= 0.6 is 0 Å². The van der Waals surface area contributed by atoms with Crippen LogP contribution in [0.3, 0.4) is 0 Å². The van der Waals surface area contributed by atoms with Crippen LogP contribution in [0.4, 0.5) is 0 Å². The molecular weight excluding hydrogens is 332 g/mol. The van der Waals surface area contributed by atoms with E-state index >= 15 is 0 Å². The molecule has 0 atom stereocenters. The molecule has 0 bridgehead atoms. The Labute approximate surface area is 92.0 Å². The molecule has 0 amide bonds. The molecule has 3 heteroatoms. The molecule has 0 aliphatic heterocycles. The number of nitrogens with zero attached hydrogens (tertiary/aromatic N) is 2. The van der Waals surface area contributed by atoms with Crippen LogP contribution in [0.25, 0.3) is 11.0 Å². The number of benzene rings is 1. The zero-order valence-electron chi connectivity index (χ0n) is 6.90. The van der Waals surface area contributed by atoms with Crippen molar-refractivity contribution in [3.63, 3.8) is 0 Å². The van der Waals surface area contributed by atoms with Gasteiger partial charge in [0.15, 0.2) is 0 Å². The van der Waals surface area contributed by atoms with Crippen molar-refractivity contribution < 1.29 is 21.1 Å². The van der Waals surface area contributed by atoms with Gasteiger partial charge in [-0.05, 0) is 36.9 Å². The van der Waals surface area contributed by atoms with Crippen LogP contribution in [0.2, 0.25) is 0 Å². The van der Waals surface area contributed by atoms with Gasteiger partial charge in [-0.25, -0.2) is 0 Å². The molecule has 2 rings (SSSR count). The second kappa shape index (κ2) is 4.06. The molecule has 0 N–H and O–H groups in total. The first kappa shape index (κ1) is 10.5. The summed E-state index contributed by atoms with van der Waals surface area (Å²) in [4.78, 5) is 8.36. The first-order chi connectivity index (χ1) is 5.79. The van der Waals surface area contributed by atoms with Crippen molar-refractivity contribution in [2.24, 2.45) is 0 Å². The van der Waals surface area contributed by atoms with Gasteiger partial charge in [0.2, 0.25) is 0 Å². The Kier molecular flexibility index (Phi) is 3.26. The predicted molar refractivity (Wildman–Crippen MR) is 46.5 cm³/mol. The Morgan fingerprint density at radius 3 is 2.85 bits per heavy atom. The van der Waals surface area contributed by atoms with Crippen LogP contribution < -0.4 is 4.98 Å². The van der Waals surface area contributed by atoms with Gasteiger partial charge in [0.25, 0.3) is 0 Å². The van der Waals surface area contributed by atoms with Gasteiger partial charge in [0.05, 0.1) is 0 Å². The minimum absolute atomic E-state index is 0. The van der Waals surface area contributed by atoms with Crippen LogP contribution in [0.15, 0.2) is 18.2 Å². The molecule has 64 valence electrons. The Bertz CT molecular complexity index is 406. The Hall–Kier alpha value is -0.622. The van der Waals surface area contributed by atoms with Gasteiger partial charge >= 0.3 is 0 Å². The second-order valence-corrected chi connectivity index (χ2v) is 2.59. The molecule has 1 aromatic heterocycles. The maximum Gasteiger partial charge on any atom is 0 e. The number of hydrogen-bond donors (Lipinski definition) is 0. The third-order valence-electron chi connectivity index (χ3n) is 1.68. The van der Waals surface area contributed by atoms with E-state index in [0.717, 1.165) is 11.0 Å². The van der Waals surface area contributed by atoms with Crippen molar-refractivity contribution >= 4 is 11.0 Å². The Morgan fingerprint density at radius 2 is 2.15 bits per heavy atom. The quantitative estimate of drug-likeness (QED) is 0.788. The number of aromatic nitrogens is 2. The third kappa shape index (κ3) is 2.00. The van der Waals surface area contributed by atoms with E-state index in [1.54, 1.807) is 12.1 Å². The van der Waals surface area contributed by atoms with E-state index in [1.165, 1.54) is 0 Å². The molecule has 1 heterocycles.